The Hall–Kier alpha value is -1.95. The molecule has 1 fully saturated rings. The lowest BCUT2D eigenvalue weighted by atomic mass is 9.73. The van der Waals surface area contributed by atoms with Crippen molar-refractivity contribution in [3.8, 4) is 0 Å². The van der Waals surface area contributed by atoms with Crippen molar-refractivity contribution in [2.75, 3.05) is 11.5 Å². The third-order valence-corrected chi connectivity index (χ3v) is 16.3. The van der Waals surface area contributed by atoms with E-state index in [2.05, 4.69) is 41.5 Å². The van der Waals surface area contributed by atoms with Gasteiger partial charge in [0.25, 0.3) is 0 Å². The second kappa shape index (κ2) is 8.77. The van der Waals surface area contributed by atoms with Crippen LogP contribution in [0, 0.1) is 5.92 Å². The molecule has 3 rings (SSSR count). The van der Waals surface area contributed by atoms with Crippen molar-refractivity contribution in [2.24, 2.45) is 5.92 Å². The summed E-state index contributed by atoms with van der Waals surface area (Å²) in [6, 6.07) is 7.53. The first-order chi connectivity index (χ1) is 15.0. The number of rotatable bonds is 6. The van der Waals surface area contributed by atoms with E-state index in [9.17, 15) is 14.4 Å². The molecule has 0 unspecified atom stereocenters. The van der Waals surface area contributed by atoms with E-state index in [-0.39, 0.29) is 24.4 Å². The van der Waals surface area contributed by atoms with Gasteiger partial charge in [-0.05, 0) is 36.9 Å². The molecule has 5 nitrogen and oxygen atoms in total. The smallest absolute Gasteiger partial charge is 0.310 e. The minimum Gasteiger partial charge on any atom is -0.466 e. The van der Waals surface area contributed by atoms with Gasteiger partial charge in [0, 0.05) is 6.92 Å². The number of esters is 1. The number of ether oxygens (including phenoxy) is 1. The van der Waals surface area contributed by atoms with Crippen LogP contribution in [0.15, 0.2) is 24.3 Å². The first-order valence-corrected chi connectivity index (χ1v) is 14.4. The van der Waals surface area contributed by atoms with Gasteiger partial charge in [-0.1, -0.05) is 76.4 Å². The maximum Gasteiger partial charge on any atom is 0.310 e. The lowest BCUT2D eigenvalue weighted by Gasteiger charge is -2.48. The molecule has 1 saturated carbocycles. The highest BCUT2D eigenvalue weighted by Gasteiger charge is 2.67. The molecule has 3 atom stereocenters. The predicted octanol–water partition coefficient (Wildman–Crippen LogP) is 5.84. The highest BCUT2D eigenvalue weighted by molar-refractivity contribution is 6.85. The number of hydrogen-bond acceptors (Lipinski definition) is 4. The molecule has 2 amide bonds. The SMILES string of the molecule is CCOC(=O)[C@H]1C[C@@H]([Si](C(C)C)(C(C)C)C(C)C)C[C@]12C(=O)N(C(C)=O)c1ccccc12. The lowest BCUT2D eigenvalue weighted by Crippen LogP contribution is -2.49. The average molecular weight is 458 g/mol. The molecule has 0 bridgehead atoms. The summed E-state index contributed by atoms with van der Waals surface area (Å²) in [7, 11) is -1.96. The number of hydrogen-bond donors (Lipinski definition) is 0. The number of imide groups is 1. The van der Waals surface area contributed by atoms with Crippen LogP contribution in [0.1, 0.15) is 73.8 Å². The maximum absolute atomic E-state index is 14.0. The summed E-state index contributed by atoms with van der Waals surface area (Å²) in [5, 5.41) is 0. The predicted molar refractivity (Wildman–Crippen MR) is 130 cm³/mol. The zero-order valence-corrected chi connectivity index (χ0v) is 21.9. The molecule has 1 spiro atoms. The van der Waals surface area contributed by atoms with Crippen LogP contribution in [-0.4, -0.2) is 32.5 Å². The molecule has 1 heterocycles. The van der Waals surface area contributed by atoms with Gasteiger partial charge in [-0.2, -0.15) is 0 Å². The molecule has 1 aliphatic heterocycles. The van der Waals surface area contributed by atoms with Gasteiger partial charge < -0.3 is 4.74 Å². The molecule has 0 N–H and O–H groups in total. The van der Waals surface area contributed by atoms with E-state index < -0.39 is 19.4 Å². The molecule has 0 radical (unpaired) electrons. The maximum atomic E-state index is 14.0. The summed E-state index contributed by atoms with van der Waals surface area (Å²) in [6.07, 6.45) is 1.28. The van der Waals surface area contributed by atoms with Crippen molar-refractivity contribution in [3.63, 3.8) is 0 Å². The summed E-state index contributed by atoms with van der Waals surface area (Å²) >= 11 is 0. The molecular formula is C26H39NO4Si. The van der Waals surface area contributed by atoms with Crippen LogP contribution < -0.4 is 4.90 Å². The van der Waals surface area contributed by atoms with Crippen LogP contribution in [0.3, 0.4) is 0 Å². The summed E-state index contributed by atoms with van der Waals surface area (Å²) < 4.78 is 5.53. The topological polar surface area (TPSA) is 63.7 Å². The Morgan fingerprint density at radius 1 is 1.09 bits per heavy atom. The highest BCUT2D eigenvalue weighted by Crippen LogP contribution is 2.64. The molecule has 1 aliphatic carbocycles. The second-order valence-electron chi connectivity index (χ2n) is 10.6. The van der Waals surface area contributed by atoms with Crippen LogP contribution in [0.4, 0.5) is 5.69 Å². The van der Waals surface area contributed by atoms with E-state index >= 15 is 0 Å². The van der Waals surface area contributed by atoms with Crippen molar-refractivity contribution in [1.82, 2.24) is 0 Å². The quantitative estimate of drug-likeness (QED) is 0.398. The Morgan fingerprint density at radius 2 is 1.66 bits per heavy atom. The molecule has 0 aromatic heterocycles. The van der Waals surface area contributed by atoms with Crippen LogP contribution >= 0.6 is 0 Å². The molecule has 2 aliphatic rings. The van der Waals surface area contributed by atoms with Gasteiger partial charge in [0.2, 0.25) is 11.8 Å². The fourth-order valence-electron chi connectivity index (χ4n) is 7.75. The van der Waals surface area contributed by atoms with E-state index in [1.807, 2.05) is 24.3 Å². The minimum absolute atomic E-state index is 0.245. The van der Waals surface area contributed by atoms with Crippen LogP contribution in [0.2, 0.25) is 22.2 Å². The van der Waals surface area contributed by atoms with Crippen molar-refractivity contribution in [1.29, 1.82) is 0 Å². The van der Waals surface area contributed by atoms with E-state index in [0.717, 1.165) is 5.56 Å². The highest BCUT2D eigenvalue weighted by atomic mass is 28.3. The van der Waals surface area contributed by atoms with E-state index in [4.69, 9.17) is 4.74 Å². The lowest BCUT2D eigenvalue weighted by molar-refractivity contribution is -0.152. The molecule has 1 aromatic carbocycles. The number of carbonyl (C=O) groups excluding carboxylic acids is 3. The normalized spacial score (nSPS) is 25.3. The summed E-state index contributed by atoms with van der Waals surface area (Å²) in [5.74, 6) is -1.41. The number of para-hydroxylation sites is 1. The van der Waals surface area contributed by atoms with Gasteiger partial charge in [-0.3, -0.25) is 14.4 Å². The fraction of sp³-hybridized carbons (Fsp3) is 0.654. The fourth-order valence-corrected chi connectivity index (χ4v) is 15.9. The Balaban J connectivity index is 2.26. The Kier molecular flexibility index (Phi) is 6.76. The van der Waals surface area contributed by atoms with Gasteiger partial charge in [0.1, 0.15) is 0 Å². The largest absolute Gasteiger partial charge is 0.466 e. The van der Waals surface area contributed by atoms with Crippen molar-refractivity contribution >= 4 is 31.5 Å². The van der Waals surface area contributed by atoms with Gasteiger partial charge in [0.15, 0.2) is 0 Å². The number of anilines is 1. The second-order valence-corrected chi connectivity index (χ2v) is 16.8. The zero-order chi connectivity index (χ0) is 24.0. The van der Waals surface area contributed by atoms with Gasteiger partial charge >= 0.3 is 5.97 Å². The standard InChI is InChI=1S/C26H39NO4Si/c1-9-31-24(29)22-14-20(32(16(2)3,17(4)5)18(6)7)15-26(22)21-12-10-11-13-23(21)27(19(8)28)25(26)30/h10-13,16-18,20,22H,9,14-15H2,1-8H3/t20-,22-,26-/m1/s1. The van der Waals surface area contributed by atoms with Crippen molar-refractivity contribution in [2.45, 2.75) is 95.8 Å². The summed E-state index contributed by atoms with van der Waals surface area (Å²) in [4.78, 5) is 41.3. The first-order valence-electron chi connectivity index (χ1n) is 12.1. The van der Waals surface area contributed by atoms with Crippen molar-refractivity contribution < 1.29 is 19.1 Å². The summed E-state index contributed by atoms with van der Waals surface area (Å²) in [6.45, 7) is 17.4. The molecule has 0 saturated heterocycles. The molecular weight excluding hydrogens is 418 g/mol. The first kappa shape index (κ1) is 24.7. The molecule has 176 valence electrons. The van der Waals surface area contributed by atoms with E-state index in [1.165, 1.54) is 11.8 Å². The Bertz CT molecular complexity index is 887. The molecule has 1 aromatic rings. The number of amides is 2. The number of nitrogens with zero attached hydrogens (tertiary/aromatic N) is 1. The molecule has 32 heavy (non-hydrogen) atoms. The zero-order valence-electron chi connectivity index (χ0n) is 20.9. The summed E-state index contributed by atoms with van der Waals surface area (Å²) in [5.41, 5.74) is 2.27. The van der Waals surface area contributed by atoms with Crippen LogP contribution in [0.5, 0.6) is 0 Å². The van der Waals surface area contributed by atoms with E-state index in [0.29, 0.717) is 40.7 Å². The molecule has 6 heteroatoms. The number of carbonyl (C=O) groups is 3. The number of fused-ring (bicyclic) bond motifs is 2. The number of benzene rings is 1. The van der Waals surface area contributed by atoms with Crippen LogP contribution in [-0.2, 0) is 24.5 Å². The van der Waals surface area contributed by atoms with Gasteiger partial charge in [-0.15, -0.1) is 0 Å². The Morgan fingerprint density at radius 3 is 2.16 bits per heavy atom. The average Bonchev–Trinajstić information content (AvgIpc) is 3.20. The van der Waals surface area contributed by atoms with Crippen LogP contribution in [0.25, 0.3) is 0 Å². The van der Waals surface area contributed by atoms with Crippen molar-refractivity contribution in [3.05, 3.63) is 29.8 Å². The van der Waals surface area contributed by atoms with E-state index in [1.54, 1.807) is 6.92 Å². The minimum atomic E-state index is -1.96. The third kappa shape index (κ3) is 3.28. The van der Waals surface area contributed by atoms with Gasteiger partial charge in [-0.25, -0.2) is 4.90 Å². The third-order valence-electron chi connectivity index (χ3n) is 8.49. The monoisotopic (exact) mass is 457 g/mol. The van der Waals surface area contributed by atoms with Gasteiger partial charge in [0.05, 0.1) is 31.7 Å². The Labute approximate surface area is 193 Å².